The van der Waals surface area contributed by atoms with E-state index in [-0.39, 0.29) is 24.4 Å². The van der Waals surface area contributed by atoms with Gasteiger partial charge in [-0.1, -0.05) is 54.6 Å². The maximum Gasteiger partial charge on any atom is 0.408 e. The average molecular weight is 393 g/mol. The highest BCUT2D eigenvalue weighted by Gasteiger charge is 2.45. The summed E-state index contributed by atoms with van der Waals surface area (Å²) in [7, 11) is 2.03. The number of hydrogen-bond donors (Lipinski definition) is 1. The Hall–Kier alpha value is -2.86. The summed E-state index contributed by atoms with van der Waals surface area (Å²) in [6, 6.07) is 18.4. The molecule has 2 amide bonds. The number of rotatable bonds is 5. The number of carbonyl (C=O) groups excluding carboxylic acids is 1. The van der Waals surface area contributed by atoms with Gasteiger partial charge in [0.05, 0.1) is 0 Å². The Bertz CT molecular complexity index is 861. The molecule has 0 bridgehead atoms. The topological polar surface area (TPSA) is 64.1 Å². The molecule has 0 aromatic heterocycles. The molecule has 0 radical (unpaired) electrons. The molecule has 2 aromatic carbocycles. The van der Waals surface area contributed by atoms with E-state index < -0.39 is 6.09 Å². The Labute approximate surface area is 171 Å². The predicted molar refractivity (Wildman–Crippen MR) is 112 cm³/mol. The van der Waals surface area contributed by atoms with Crippen LogP contribution in [0.15, 0.2) is 54.6 Å². The van der Waals surface area contributed by atoms with Crippen molar-refractivity contribution in [3.8, 4) is 11.1 Å². The van der Waals surface area contributed by atoms with Crippen molar-refractivity contribution >= 4 is 12.0 Å². The number of nitrogens with zero attached hydrogens (tertiary/aromatic N) is 3. The summed E-state index contributed by atoms with van der Waals surface area (Å²) in [6.45, 7) is 2.94. The lowest BCUT2D eigenvalue weighted by molar-refractivity contribution is -0.133. The van der Waals surface area contributed by atoms with Crippen LogP contribution >= 0.6 is 0 Å². The van der Waals surface area contributed by atoms with Gasteiger partial charge in [-0.15, -0.1) is 0 Å². The smallest absolute Gasteiger partial charge is 0.408 e. The monoisotopic (exact) mass is 393 g/mol. The van der Waals surface area contributed by atoms with Gasteiger partial charge in [-0.2, -0.15) is 0 Å². The number of hydrogen-bond acceptors (Lipinski definition) is 3. The molecule has 1 heterocycles. The van der Waals surface area contributed by atoms with E-state index in [1.54, 1.807) is 4.90 Å². The first kappa shape index (κ1) is 19.5. The van der Waals surface area contributed by atoms with Gasteiger partial charge in [0.2, 0.25) is 5.91 Å². The second-order valence-corrected chi connectivity index (χ2v) is 7.99. The van der Waals surface area contributed by atoms with Gasteiger partial charge in [0.1, 0.15) is 6.54 Å². The molecule has 29 heavy (non-hydrogen) atoms. The van der Waals surface area contributed by atoms with E-state index in [2.05, 4.69) is 41.3 Å². The lowest BCUT2D eigenvalue weighted by Gasteiger charge is -2.33. The molecular weight excluding hydrogens is 366 g/mol. The van der Waals surface area contributed by atoms with E-state index in [1.165, 1.54) is 4.90 Å². The molecule has 1 aliphatic heterocycles. The first-order valence-electron chi connectivity index (χ1n) is 10.1. The molecule has 2 aromatic rings. The molecule has 0 unspecified atom stereocenters. The molecule has 1 saturated carbocycles. The molecule has 6 heteroatoms. The van der Waals surface area contributed by atoms with Gasteiger partial charge < -0.3 is 14.9 Å². The Balaban J connectivity index is 1.39. The quantitative estimate of drug-likeness (QED) is 0.848. The van der Waals surface area contributed by atoms with Crippen LogP contribution in [0.1, 0.15) is 17.9 Å². The Morgan fingerprint density at radius 3 is 2.21 bits per heavy atom. The standard InChI is InChI=1S/C23H27N3O3/c1-24-11-13-25(14-12-24)22(27)16-26(23(28)29)21-15-20(21)19-9-7-18(8-10-19)17-5-3-2-4-6-17/h2-10,20-21H,11-16H2,1H3,(H,28,29)/t20-,21+/m0/s1. The molecule has 2 atom stereocenters. The lowest BCUT2D eigenvalue weighted by Crippen LogP contribution is -2.51. The minimum atomic E-state index is -1.01. The van der Waals surface area contributed by atoms with Crippen molar-refractivity contribution in [1.29, 1.82) is 0 Å². The van der Waals surface area contributed by atoms with Gasteiger partial charge in [0.25, 0.3) is 0 Å². The summed E-state index contributed by atoms with van der Waals surface area (Å²) in [5, 5.41) is 9.68. The van der Waals surface area contributed by atoms with Crippen LogP contribution in [-0.4, -0.2) is 77.6 Å². The van der Waals surface area contributed by atoms with Crippen LogP contribution in [-0.2, 0) is 4.79 Å². The molecule has 4 rings (SSSR count). The molecule has 2 fully saturated rings. The molecule has 0 spiro atoms. The number of carboxylic acid groups (broad SMARTS) is 1. The maximum absolute atomic E-state index is 12.6. The molecule has 1 aliphatic carbocycles. The molecule has 152 valence electrons. The van der Waals surface area contributed by atoms with E-state index in [0.717, 1.165) is 36.2 Å². The first-order valence-corrected chi connectivity index (χ1v) is 10.1. The largest absolute Gasteiger partial charge is 0.465 e. The van der Waals surface area contributed by atoms with E-state index in [0.29, 0.717) is 13.1 Å². The second kappa shape index (κ2) is 8.25. The Kier molecular flexibility index (Phi) is 5.53. The summed E-state index contributed by atoms with van der Waals surface area (Å²) in [5.41, 5.74) is 3.44. The Morgan fingerprint density at radius 2 is 1.59 bits per heavy atom. The van der Waals surface area contributed by atoms with Crippen molar-refractivity contribution in [2.45, 2.75) is 18.4 Å². The van der Waals surface area contributed by atoms with E-state index >= 15 is 0 Å². The number of amides is 2. The van der Waals surface area contributed by atoms with Crippen LogP contribution in [0.5, 0.6) is 0 Å². The van der Waals surface area contributed by atoms with Crippen molar-refractivity contribution < 1.29 is 14.7 Å². The zero-order valence-corrected chi connectivity index (χ0v) is 16.7. The van der Waals surface area contributed by atoms with Crippen LogP contribution in [0.4, 0.5) is 4.79 Å². The van der Waals surface area contributed by atoms with Crippen molar-refractivity contribution in [3.63, 3.8) is 0 Å². The van der Waals surface area contributed by atoms with Gasteiger partial charge >= 0.3 is 6.09 Å². The van der Waals surface area contributed by atoms with Gasteiger partial charge in [0, 0.05) is 38.1 Å². The molecule has 6 nitrogen and oxygen atoms in total. The third kappa shape index (κ3) is 4.43. The third-order valence-electron chi connectivity index (χ3n) is 6.01. The highest BCUT2D eigenvalue weighted by molar-refractivity contribution is 5.82. The van der Waals surface area contributed by atoms with Gasteiger partial charge in [0.15, 0.2) is 0 Å². The third-order valence-corrected chi connectivity index (χ3v) is 6.01. The van der Waals surface area contributed by atoms with Crippen molar-refractivity contribution in [3.05, 3.63) is 60.2 Å². The van der Waals surface area contributed by atoms with E-state index in [9.17, 15) is 14.7 Å². The van der Waals surface area contributed by atoms with Crippen LogP contribution in [0, 0.1) is 0 Å². The summed E-state index contributed by atoms with van der Waals surface area (Å²) in [6.07, 6.45) is -0.242. The van der Waals surface area contributed by atoms with Crippen molar-refractivity contribution in [2.75, 3.05) is 39.8 Å². The fraction of sp³-hybridized carbons (Fsp3) is 0.391. The van der Waals surface area contributed by atoms with Crippen molar-refractivity contribution in [2.24, 2.45) is 0 Å². The first-order chi connectivity index (χ1) is 14.0. The van der Waals surface area contributed by atoms with E-state index in [4.69, 9.17) is 0 Å². The van der Waals surface area contributed by atoms with Crippen LogP contribution in [0.2, 0.25) is 0 Å². The number of benzene rings is 2. The van der Waals surface area contributed by atoms with Gasteiger partial charge in [-0.05, 0) is 30.2 Å². The lowest BCUT2D eigenvalue weighted by atomic mass is 10.0. The fourth-order valence-electron chi connectivity index (χ4n) is 4.07. The molecular formula is C23H27N3O3. The normalized spacial score (nSPS) is 21.6. The maximum atomic E-state index is 12.6. The summed E-state index contributed by atoms with van der Waals surface area (Å²) in [5.74, 6) is 0.0711. The highest BCUT2D eigenvalue weighted by Crippen LogP contribution is 2.45. The molecule has 2 aliphatic rings. The van der Waals surface area contributed by atoms with E-state index in [1.807, 2.05) is 25.2 Å². The predicted octanol–water partition coefficient (Wildman–Crippen LogP) is 2.96. The molecule has 1 N–H and O–H groups in total. The summed E-state index contributed by atoms with van der Waals surface area (Å²) < 4.78 is 0. The van der Waals surface area contributed by atoms with Crippen LogP contribution < -0.4 is 0 Å². The van der Waals surface area contributed by atoms with Gasteiger partial charge in [-0.25, -0.2) is 4.79 Å². The minimum Gasteiger partial charge on any atom is -0.465 e. The number of piperazine rings is 1. The average Bonchev–Trinajstić information content (AvgIpc) is 3.53. The number of likely N-dealkylation sites (N-methyl/N-ethyl adjacent to an activating group) is 1. The minimum absolute atomic E-state index is 0.0533. The fourth-order valence-corrected chi connectivity index (χ4v) is 4.07. The second-order valence-electron chi connectivity index (χ2n) is 7.99. The van der Waals surface area contributed by atoms with Crippen LogP contribution in [0.3, 0.4) is 0 Å². The number of carbonyl (C=O) groups is 2. The zero-order valence-electron chi connectivity index (χ0n) is 16.7. The SMILES string of the molecule is CN1CCN(C(=O)CN(C(=O)O)[C@@H]2C[C@H]2c2ccc(-c3ccccc3)cc2)CC1. The Morgan fingerprint density at radius 1 is 0.966 bits per heavy atom. The van der Waals surface area contributed by atoms with Crippen LogP contribution in [0.25, 0.3) is 11.1 Å². The molecule has 1 saturated heterocycles. The highest BCUT2D eigenvalue weighted by atomic mass is 16.4. The zero-order chi connectivity index (χ0) is 20.4. The summed E-state index contributed by atoms with van der Waals surface area (Å²) >= 11 is 0. The van der Waals surface area contributed by atoms with Crippen molar-refractivity contribution in [1.82, 2.24) is 14.7 Å². The summed E-state index contributed by atoms with van der Waals surface area (Å²) in [4.78, 5) is 29.7. The van der Waals surface area contributed by atoms with Gasteiger partial charge in [-0.3, -0.25) is 9.69 Å².